The molecule has 0 heterocycles. The maximum absolute atomic E-state index is 11.5. The molecule has 158 valence electrons. The van der Waals surface area contributed by atoms with Crippen LogP contribution in [0.2, 0.25) is 0 Å². The first kappa shape index (κ1) is 23.6. The first-order valence-electron chi connectivity index (χ1n) is 9.27. The summed E-state index contributed by atoms with van der Waals surface area (Å²) in [6, 6.07) is 14.0. The van der Waals surface area contributed by atoms with E-state index in [0.29, 0.717) is 36.1 Å². The third-order valence-corrected chi connectivity index (χ3v) is 3.16. The van der Waals surface area contributed by atoms with Gasteiger partial charge in [-0.15, -0.1) is 0 Å². The van der Waals surface area contributed by atoms with Gasteiger partial charge in [0.05, 0.1) is 19.3 Å². The first-order valence-corrected chi connectivity index (χ1v) is 9.27. The van der Waals surface area contributed by atoms with E-state index in [-0.39, 0.29) is 6.10 Å². The van der Waals surface area contributed by atoms with Crippen LogP contribution in [0.4, 0.5) is 21.0 Å². The average molecular weight is 404 g/mol. The Morgan fingerprint density at radius 3 is 2.07 bits per heavy atom. The molecule has 2 aromatic carbocycles. The number of anilines is 2. The van der Waals surface area contributed by atoms with Gasteiger partial charge in [-0.25, -0.2) is 9.59 Å². The van der Waals surface area contributed by atoms with Crippen LogP contribution in [0.15, 0.2) is 48.5 Å². The van der Waals surface area contributed by atoms with Crippen LogP contribution in [0.1, 0.15) is 27.7 Å². The monoisotopic (exact) mass is 404 g/mol. The minimum Gasteiger partial charge on any atom is -0.490 e. The molecule has 8 heteroatoms. The quantitative estimate of drug-likeness (QED) is 0.584. The molecule has 0 unspecified atom stereocenters. The Morgan fingerprint density at radius 2 is 1.52 bits per heavy atom. The van der Waals surface area contributed by atoms with Gasteiger partial charge >= 0.3 is 12.2 Å². The zero-order valence-corrected chi connectivity index (χ0v) is 17.1. The molecule has 0 fully saturated rings. The van der Waals surface area contributed by atoms with Gasteiger partial charge < -0.3 is 19.3 Å². The number of hydrogen-bond donors (Lipinski definition) is 3. The van der Waals surface area contributed by atoms with E-state index in [0.717, 1.165) is 0 Å². The summed E-state index contributed by atoms with van der Waals surface area (Å²) in [5.41, 5.74) is 1.20. The topological polar surface area (TPSA) is 106 Å². The molecule has 0 spiro atoms. The lowest BCUT2D eigenvalue weighted by molar-refractivity contribution is 0.130. The van der Waals surface area contributed by atoms with Crippen molar-refractivity contribution in [2.75, 3.05) is 23.8 Å². The second-order valence-corrected chi connectivity index (χ2v) is 5.90. The van der Waals surface area contributed by atoms with E-state index in [2.05, 4.69) is 10.6 Å². The van der Waals surface area contributed by atoms with E-state index in [1.807, 2.05) is 19.9 Å². The Hall–Kier alpha value is -3.42. The number of nitrogens with one attached hydrogen (secondary N) is 2. The fourth-order valence-corrected chi connectivity index (χ4v) is 2.14. The number of carboxylic acid groups (broad SMARTS) is 1. The molecule has 29 heavy (non-hydrogen) atoms. The van der Waals surface area contributed by atoms with Gasteiger partial charge in [0.15, 0.2) is 11.5 Å². The van der Waals surface area contributed by atoms with Crippen molar-refractivity contribution >= 4 is 23.6 Å². The van der Waals surface area contributed by atoms with Crippen LogP contribution in [0.5, 0.6) is 11.5 Å². The lowest BCUT2D eigenvalue weighted by Gasteiger charge is -2.13. The molecule has 0 bridgehead atoms. The highest BCUT2D eigenvalue weighted by Gasteiger charge is 2.09. The Morgan fingerprint density at radius 1 is 0.897 bits per heavy atom. The Bertz CT molecular complexity index is 765. The van der Waals surface area contributed by atoms with E-state index in [9.17, 15) is 9.59 Å². The zero-order valence-electron chi connectivity index (χ0n) is 17.1. The predicted octanol–water partition coefficient (Wildman–Crippen LogP) is 5.22. The number of rotatable bonds is 7. The fraction of sp³-hybridized carbons (Fsp3) is 0.333. The van der Waals surface area contributed by atoms with Gasteiger partial charge in [-0.3, -0.25) is 10.6 Å². The van der Waals surface area contributed by atoms with Gasteiger partial charge in [0.25, 0.3) is 0 Å². The fourth-order valence-electron chi connectivity index (χ4n) is 2.14. The van der Waals surface area contributed by atoms with Crippen LogP contribution in [0.3, 0.4) is 0 Å². The molecular formula is C21H28N2O6. The number of amides is 2. The molecule has 0 saturated carbocycles. The van der Waals surface area contributed by atoms with Crippen molar-refractivity contribution in [3.8, 4) is 11.5 Å². The summed E-state index contributed by atoms with van der Waals surface area (Å²) in [6.07, 6.45) is -1.68. The van der Waals surface area contributed by atoms with Gasteiger partial charge in [-0.2, -0.15) is 0 Å². The molecule has 0 aliphatic heterocycles. The van der Waals surface area contributed by atoms with Crippen LogP contribution < -0.4 is 20.1 Å². The van der Waals surface area contributed by atoms with Crippen molar-refractivity contribution in [2.24, 2.45) is 0 Å². The number of carbonyl (C=O) groups is 2. The zero-order chi connectivity index (χ0) is 21.6. The van der Waals surface area contributed by atoms with E-state index >= 15 is 0 Å². The number of hydrogen-bond acceptors (Lipinski definition) is 5. The summed E-state index contributed by atoms with van der Waals surface area (Å²) in [5, 5.41) is 13.1. The first-order chi connectivity index (χ1) is 13.8. The largest absolute Gasteiger partial charge is 0.490 e. The second kappa shape index (κ2) is 12.9. The minimum absolute atomic E-state index is 0.158. The maximum atomic E-state index is 11.5. The third kappa shape index (κ3) is 9.90. The summed E-state index contributed by atoms with van der Waals surface area (Å²) in [7, 11) is 0. The predicted molar refractivity (Wildman–Crippen MR) is 112 cm³/mol. The van der Waals surface area contributed by atoms with Gasteiger partial charge in [-0.05, 0) is 52.0 Å². The molecule has 2 rings (SSSR count). The Labute approximate surface area is 170 Å². The van der Waals surface area contributed by atoms with Crippen molar-refractivity contribution in [2.45, 2.75) is 33.8 Å². The molecule has 0 aromatic heterocycles. The molecule has 2 aromatic rings. The van der Waals surface area contributed by atoms with Crippen LogP contribution in [-0.4, -0.2) is 36.6 Å². The lowest BCUT2D eigenvalue weighted by atomic mass is 10.2. The highest BCUT2D eigenvalue weighted by atomic mass is 16.6. The molecule has 2 amide bonds. The van der Waals surface area contributed by atoms with Gasteiger partial charge in [0.1, 0.15) is 0 Å². The molecule has 0 aliphatic carbocycles. The maximum Gasteiger partial charge on any atom is 0.411 e. The van der Waals surface area contributed by atoms with E-state index in [1.54, 1.807) is 56.3 Å². The third-order valence-electron chi connectivity index (χ3n) is 3.16. The van der Waals surface area contributed by atoms with Crippen molar-refractivity contribution < 1.29 is 28.9 Å². The van der Waals surface area contributed by atoms with Gasteiger partial charge in [-0.1, -0.05) is 18.2 Å². The van der Waals surface area contributed by atoms with Gasteiger partial charge in [0, 0.05) is 17.4 Å². The van der Waals surface area contributed by atoms with Crippen LogP contribution in [0, 0.1) is 0 Å². The van der Waals surface area contributed by atoms with Gasteiger partial charge in [0.2, 0.25) is 0 Å². The van der Waals surface area contributed by atoms with Crippen LogP contribution in [-0.2, 0) is 4.74 Å². The SMILES string of the molecule is CCOc1ccc(NC(=O)OC(C)C)cc1OCC.O=C(O)Nc1ccccc1. The number of benzene rings is 2. The number of ether oxygens (including phenoxy) is 3. The second-order valence-electron chi connectivity index (χ2n) is 5.90. The summed E-state index contributed by atoms with van der Waals surface area (Å²) < 4.78 is 15.9. The Kier molecular flexibility index (Phi) is 10.5. The minimum atomic E-state index is -1.04. The smallest absolute Gasteiger partial charge is 0.411 e. The molecular weight excluding hydrogens is 376 g/mol. The molecule has 3 N–H and O–H groups in total. The summed E-state index contributed by atoms with van der Waals surface area (Å²) >= 11 is 0. The van der Waals surface area contributed by atoms with Crippen LogP contribution >= 0.6 is 0 Å². The van der Waals surface area contributed by atoms with Crippen molar-refractivity contribution in [3.63, 3.8) is 0 Å². The molecule has 0 saturated heterocycles. The summed E-state index contributed by atoms with van der Waals surface area (Å²) in [4.78, 5) is 21.6. The van der Waals surface area contributed by atoms with Crippen LogP contribution in [0.25, 0.3) is 0 Å². The molecule has 0 atom stereocenters. The molecule has 0 aliphatic rings. The molecule has 8 nitrogen and oxygen atoms in total. The Balaban J connectivity index is 0.000000352. The van der Waals surface area contributed by atoms with Crippen molar-refractivity contribution in [1.29, 1.82) is 0 Å². The number of para-hydroxylation sites is 1. The highest BCUT2D eigenvalue weighted by molar-refractivity contribution is 5.85. The lowest BCUT2D eigenvalue weighted by Crippen LogP contribution is -2.18. The number of carbonyl (C=O) groups excluding carboxylic acids is 1. The van der Waals surface area contributed by atoms with Crippen molar-refractivity contribution in [1.82, 2.24) is 0 Å². The summed E-state index contributed by atoms with van der Waals surface area (Å²) in [6.45, 7) is 8.47. The van der Waals surface area contributed by atoms with E-state index in [4.69, 9.17) is 19.3 Å². The normalized spacial score (nSPS) is 9.69. The van der Waals surface area contributed by atoms with E-state index < -0.39 is 12.2 Å². The highest BCUT2D eigenvalue weighted by Crippen LogP contribution is 2.30. The average Bonchev–Trinajstić information content (AvgIpc) is 2.64. The summed E-state index contributed by atoms with van der Waals surface area (Å²) in [5.74, 6) is 1.26. The van der Waals surface area contributed by atoms with Crippen molar-refractivity contribution in [3.05, 3.63) is 48.5 Å². The molecule has 0 radical (unpaired) electrons. The van der Waals surface area contributed by atoms with E-state index in [1.165, 1.54) is 0 Å². The standard InChI is InChI=1S/C14H21NO4.C7H7NO2/c1-5-17-12-8-7-11(9-13(12)18-6-2)15-14(16)19-10(3)4;9-7(10)8-6-4-2-1-3-5-6/h7-10H,5-6H2,1-4H3,(H,15,16);1-5,8H,(H,9,10).